The molecule has 0 spiro atoms. The number of rotatable bonds is 5. The van der Waals surface area contributed by atoms with Crippen molar-refractivity contribution in [3.8, 4) is 44.8 Å². The molecule has 0 N–H and O–H groups in total. The Morgan fingerprint density at radius 1 is 0.246 bits per heavy atom. The number of para-hydroxylation sites is 2. The zero-order valence-electron chi connectivity index (χ0n) is 30.9. The summed E-state index contributed by atoms with van der Waals surface area (Å²) in [6.07, 6.45) is 0. The normalized spacial score (nSPS) is 11.9. The van der Waals surface area contributed by atoms with E-state index in [-0.39, 0.29) is 0 Å². The summed E-state index contributed by atoms with van der Waals surface area (Å²) in [6.45, 7) is 0. The summed E-state index contributed by atoms with van der Waals surface area (Å²) in [4.78, 5) is 0. The summed E-state index contributed by atoms with van der Waals surface area (Å²) < 4.78 is 7.48. The lowest BCUT2D eigenvalue weighted by Gasteiger charge is -2.11. The Morgan fingerprint density at radius 3 is 1.35 bits per heavy atom. The average Bonchev–Trinajstić information content (AvgIpc) is 3.94. The molecule has 57 heavy (non-hydrogen) atoms. The Kier molecular flexibility index (Phi) is 7.13. The quantitative estimate of drug-likeness (QED) is 0.166. The molecule has 12 rings (SSSR count). The van der Waals surface area contributed by atoms with Crippen LogP contribution in [0.3, 0.4) is 0 Å². The van der Waals surface area contributed by atoms with Gasteiger partial charge in [0.25, 0.3) is 0 Å². The van der Waals surface area contributed by atoms with Crippen molar-refractivity contribution >= 4 is 75.1 Å². The summed E-state index contributed by atoms with van der Waals surface area (Å²) in [5.74, 6) is 0. The van der Waals surface area contributed by atoms with Crippen LogP contribution in [0.4, 0.5) is 0 Å². The van der Waals surface area contributed by atoms with E-state index in [1.807, 2.05) is 11.3 Å². The maximum absolute atomic E-state index is 2.43. The molecule has 0 aliphatic heterocycles. The average molecular weight is 743 g/mol. The lowest BCUT2D eigenvalue weighted by Crippen LogP contribution is -1.94. The van der Waals surface area contributed by atoms with Crippen LogP contribution < -0.4 is 0 Å². The Morgan fingerprint density at radius 2 is 0.702 bits per heavy atom. The Bertz CT molecular complexity index is 3510. The first-order chi connectivity index (χ1) is 28.2. The second-order valence-electron chi connectivity index (χ2n) is 14.9. The topological polar surface area (TPSA) is 9.86 Å². The van der Waals surface area contributed by atoms with Crippen molar-refractivity contribution in [2.75, 3.05) is 0 Å². The second kappa shape index (κ2) is 12.7. The molecule has 0 saturated heterocycles. The summed E-state index contributed by atoms with van der Waals surface area (Å²) in [5.41, 5.74) is 14.5. The molecule has 0 amide bonds. The van der Waals surface area contributed by atoms with Crippen LogP contribution in [0.5, 0.6) is 0 Å². The molecule has 0 fully saturated rings. The maximum atomic E-state index is 2.43. The lowest BCUT2D eigenvalue weighted by atomic mass is 9.98. The molecule has 3 heteroatoms. The van der Waals surface area contributed by atoms with Crippen molar-refractivity contribution in [2.45, 2.75) is 0 Å². The molecular formula is C54H34N2S. The molecule has 0 unspecified atom stereocenters. The van der Waals surface area contributed by atoms with Crippen molar-refractivity contribution in [1.29, 1.82) is 0 Å². The molecule has 0 saturated carbocycles. The minimum Gasteiger partial charge on any atom is -0.309 e. The Balaban J connectivity index is 0.920. The van der Waals surface area contributed by atoms with E-state index < -0.39 is 0 Å². The molecular weight excluding hydrogens is 709 g/mol. The fourth-order valence-electron chi connectivity index (χ4n) is 9.02. The molecule has 0 atom stereocenters. The van der Waals surface area contributed by atoms with Gasteiger partial charge in [-0.1, -0.05) is 133 Å². The van der Waals surface area contributed by atoms with Crippen LogP contribution in [-0.4, -0.2) is 9.13 Å². The van der Waals surface area contributed by atoms with Gasteiger partial charge in [0.2, 0.25) is 0 Å². The number of thiophene rings is 1. The highest BCUT2D eigenvalue weighted by atomic mass is 32.1. The minimum absolute atomic E-state index is 1.16. The third-order valence-electron chi connectivity index (χ3n) is 11.7. The van der Waals surface area contributed by atoms with Crippen LogP contribution in [0.25, 0.3) is 109 Å². The van der Waals surface area contributed by atoms with Gasteiger partial charge in [-0.25, -0.2) is 0 Å². The largest absolute Gasteiger partial charge is 0.309 e. The zero-order chi connectivity index (χ0) is 37.5. The van der Waals surface area contributed by atoms with E-state index in [2.05, 4.69) is 215 Å². The van der Waals surface area contributed by atoms with Gasteiger partial charge in [0, 0.05) is 53.1 Å². The third-order valence-corrected chi connectivity index (χ3v) is 12.9. The highest BCUT2D eigenvalue weighted by molar-refractivity contribution is 7.25. The molecule has 2 nitrogen and oxygen atoms in total. The summed E-state index contributed by atoms with van der Waals surface area (Å²) in [5, 5.41) is 7.67. The van der Waals surface area contributed by atoms with Crippen LogP contribution in [0.1, 0.15) is 0 Å². The van der Waals surface area contributed by atoms with Gasteiger partial charge in [-0.15, -0.1) is 11.3 Å². The molecule has 9 aromatic carbocycles. The Labute approximate surface area is 333 Å². The highest BCUT2D eigenvalue weighted by Crippen LogP contribution is 2.40. The van der Waals surface area contributed by atoms with Gasteiger partial charge in [0.05, 0.1) is 22.1 Å². The summed E-state index contributed by atoms with van der Waals surface area (Å²) >= 11 is 1.86. The van der Waals surface area contributed by atoms with Crippen molar-refractivity contribution in [3.63, 3.8) is 0 Å². The van der Waals surface area contributed by atoms with E-state index in [4.69, 9.17) is 0 Å². The van der Waals surface area contributed by atoms with Gasteiger partial charge in [-0.05, 0) is 106 Å². The molecule has 0 aliphatic carbocycles. The third kappa shape index (κ3) is 5.10. The van der Waals surface area contributed by atoms with Gasteiger partial charge < -0.3 is 9.13 Å². The van der Waals surface area contributed by atoms with E-state index in [1.54, 1.807) is 0 Å². The van der Waals surface area contributed by atoms with E-state index in [0.717, 1.165) is 5.69 Å². The Hall–Kier alpha value is -7.20. The van der Waals surface area contributed by atoms with Gasteiger partial charge in [0.1, 0.15) is 0 Å². The first kappa shape index (κ1) is 32.1. The van der Waals surface area contributed by atoms with Crippen molar-refractivity contribution in [3.05, 3.63) is 206 Å². The first-order valence-corrected chi connectivity index (χ1v) is 20.3. The number of hydrogen-bond acceptors (Lipinski definition) is 1. The van der Waals surface area contributed by atoms with Gasteiger partial charge in [-0.2, -0.15) is 0 Å². The fourth-order valence-corrected chi connectivity index (χ4v) is 10.1. The maximum Gasteiger partial charge on any atom is 0.0541 e. The van der Waals surface area contributed by atoms with Crippen LogP contribution in [0, 0.1) is 0 Å². The SMILES string of the molecule is c1ccc(-c2cccc(-n3c4ccccc4c4cc(-c5ccc(-c6ccc7c(c6)c6ccccc6n7-c6ccc7sc8ccccc8c7c6)cc5)ccc43)c2)cc1. The molecule has 266 valence electrons. The lowest BCUT2D eigenvalue weighted by molar-refractivity contribution is 1.18. The van der Waals surface area contributed by atoms with Gasteiger partial charge in [0.15, 0.2) is 0 Å². The zero-order valence-corrected chi connectivity index (χ0v) is 31.7. The number of hydrogen-bond donors (Lipinski definition) is 0. The monoisotopic (exact) mass is 742 g/mol. The van der Waals surface area contributed by atoms with Crippen LogP contribution in [0.15, 0.2) is 206 Å². The predicted octanol–water partition coefficient (Wildman–Crippen LogP) is 15.2. The van der Waals surface area contributed by atoms with E-state index in [0.29, 0.717) is 0 Å². The number of nitrogens with zero attached hydrogens (tertiary/aromatic N) is 2. The predicted molar refractivity (Wildman–Crippen MR) is 244 cm³/mol. The summed E-state index contributed by atoms with van der Waals surface area (Å²) in [7, 11) is 0. The van der Waals surface area contributed by atoms with Crippen molar-refractivity contribution < 1.29 is 0 Å². The molecule has 0 aliphatic rings. The number of aromatic nitrogens is 2. The van der Waals surface area contributed by atoms with E-state index >= 15 is 0 Å². The molecule has 3 heterocycles. The fraction of sp³-hybridized carbons (Fsp3) is 0. The number of benzene rings is 9. The van der Waals surface area contributed by atoms with Gasteiger partial charge >= 0.3 is 0 Å². The van der Waals surface area contributed by atoms with Crippen molar-refractivity contribution in [2.24, 2.45) is 0 Å². The van der Waals surface area contributed by atoms with Crippen LogP contribution >= 0.6 is 11.3 Å². The van der Waals surface area contributed by atoms with Crippen LogP contribution in [-0.2, 0) is 0 Å². The smallest absolute Gasteiger partial charge is 0.0541 e. The highest BCUT2D eigenvalue weighted by Gasteiger charge is 2.16. The molecule has 12 aromatic rings. The first-order valence-electron chi connectivity index (χ1n) is 19.5. The number of fused-ring (bicyclic) bond motifs is 9. The second-order valence-corrected chi connectivity index (χ2v) is 16.0. The molecule has 0 bridgehead atoms. The molecule has 0 radical (unpaired) electrons. The van der Waals surface area contributed by atoms with Crippen molar-refractivity contribution in [1.82, 2.24) is 9.13 Å². The van der Waals surface area contributed by atoms with E-state index in [9.17, 15) is 0 Å². The van der Waals surface area contributed by atoms with Gasteiger partial charge in [-0.3, -0.25) is 0 Å². The minimum atomic E-state index is 1.16. The van der Waals surface area contributed by atoms with E-state index in [1.165, 1.54) is 103 Å². The van der Waals surface area contributed by atoms with Crippen LogP contribution in [0.2, 0.25) is 0 Å². The summed E-state index contributed by atoms with van der Waals surface area (Å²) in [6, 6.07) is 75.7. The molecule has 3 aromatic heterocycles. The standard InChI is InChI=1S/C54H34N2S/c1-2-11-35(12-3-1)38-13-10-14-41(31-38)55-49-18-7-4-15-43(49)46-32-39(25-28-51(46)55)36-21-23-37(24-22-36)40-26-29-52-47(33-40)44-16-5-8-19-50(44)56(52)42-27-30-54-48(34-42)45-17-6-9-20-53(45)57-54/h1-34H.